The molecule has 0 aliphatic carbocycles. The summed E-state index contributed by atoms with van der Waals surface area (Å²) in [5.41, 5.74) is 4.54. The van der Waals surface area contributed by atoms with E-state index in [1.807, 2.05) is 66.2 Å². The van der Waals surface area contributed by atoms with Crippen molar-refractivity contribution in [3.8, 4) is 5.69 Å². The first kappa shape index (κ1) is 16.0. The van der Waals surface area contributed by atoms with E-state index in [2.05, 4.69) is 24.3 Å². The number of aromatic nitrogens is 2. The molecule has 4 nitrogen and oxygen atoms in total. The average Bonchev–Trinajstić information content (AvgIpc) is 3.01. The van der Waals surface area contributed by atoms with Crippen molar-refractivity contribution in [1.29, 1.82) is 0 Å². The van der Waals surface area contributed by atoms with Crippen molar-refractivity contribution in [3.05, 3.63) is 77.6 Å². The lowest BCUT2D eigenvalue weighted by Crippen LogP contribution is -2.12. The smallest absolute Gasteiger partial charge is 0.255 e. The molecule has 0 bridgehead atoms. The first-order valence-corrected chi connectivity index (χ1v) is 8.07. The van der Waals surface area contributed by atoms with Gasteiger partial charge >= 0.3 is 0 Å². The third-order valence-electron chi connectivity index (χ3n) is 4.00. The number of amides is 1. The predicted octanol–water partition coefficient (Wildman–Crippen LogP) is 4.56. The van der Waals surface area contributed by atoms with Crippen LogP contribution in [0.1, 0.15) is 41.4 Å². The molecule has 0 atom stereocenters. The molecule has 1 aromatic heterocycles. The molecule has 0 aliphatic rings. The summed E-state index contributed by atoms with van der Waals surface area (Å²) < 4.78 is 1.84. The molecule has 122 valence electrons. The molecule has 0 spiro atoms. The molecule has 0 saturated heterocycles. The van der Waals surface area contributed by atoms with E-state index < -0.39 is 0 Å². The second kappa shape index (κ2) is 6.71. The quantitative estimate of drug-likeness (QED) is 0.766. The summed E-state index contributed by atoms with van der Waals surface area (Å²) in [5.74, 6) is 0.288. The van der Waals surface area contributed by atoms with Crippen LogP contribution < -0.4 is 5.32 Å². The summed E-state index contributed by atoms with van der Waals surface area (Å²) in [4.78, 5) is 12.5. The molecule has 1 heterocycles. The monoisotopic (exact) mass is 319 g/mol. The highest BCUT2D eigenvalue weighted by molar-refractivity contribution is 6.04. The molecule has 3 aromatic rings. The van der Waals surface area contributed by atoms with Crippen molar-refractivity contribution in [1.82, 2.24) is 9.78 Å². The zero-order valence-corrected chi connectivity index (χ0v) is 14.2. The van der Waals surface area contributed by atoms with Crippen LogP contribution >= 0.6 is 0 Å². The van der Waals surface area contributed by atoms with Gasteiger partial charge < -0.3 is 5.32 Å². The number of nitrogens with one attached hydrogen (secondary N) is 1. The number of hydrogen-bond donors (Lipinski definition) is 1. The summed E-state index contributed by atoms with van der Waals surface area (Å²) in [7, 11) is 0. The third kappa shape index (κ3) is 3.38. The van der Waals surface area contributed by atoms with Gasteiger partial charge in [-0.2, -0.15) is 5.10 Å². The van der Waals surface area contributed by atoms with Crippen LogP contribution in [0.25, 0.3) is 5.69 Å². The van der Waals surface area contributed by atoms with Gasteiger partial charge in [0.25, 0.3) is 5.91 Å². The molecule has 24 heavy (non-hydrogen) atoms. The zero-order chi connectivity index (χ0) is 17.1. The second-order valence-electron chi connectivity index (χ2n) is 6.17. The van der Waals surface area contributed by atoms with Crippen molar-refractivity contribution in [2.75, 3.05) is 5.32 Å². The van der Waals surface area contributed by atoms with E-state index in [0.29, 0.717) is 11.5 Å². The van der Waals surface area contributed by atoms with E-state index in [1.165, 1.54) is 0 Å². The van der Waals surface area contributed by atoms with Crippen molar-refractivity contribution in [2.24, 2.45) is 0 Å². The maximum Gasteiger partial charge on any atom is 0.255 e. The predicted molar refractivity (Wildman–Crippen MR) is 96.8 cm³/mol. The maximum atomic E-state index is 12.5. The Morgan fingerprint density at radius 1 is 1.08 bits per heavy atom. The van der Waals surface area contributed by atoms with Crippen LogP contribution in [0.2, 0.25) is 0 Å². The SMILES string of the molecule is Cc1ccnn1-c1cccc(NC(=O)c2cccc(C(C)C)c2)c1. The van der Waals surface area contributed by atoms with Gasteiger partial charge in [0.1, 0.15) is 0 Å². The van der Waals surface area contributed by atoms with Crippen LogP contribution in [0.15, 0.2) is 60.8 Å². The number of carbonyl (C=O) groups excluding carboxylic acids is 1. The lowest BCUT2D eigenvalue weighted by Gasteiger charge is -2.10. The van der Waals surface area contributed by atoms with E-state index in [9.17, 15) is 4.79 Å². The summed E-state index contributed by atoms with van der Waals surface area (Å²) in [5, 5.41) is 7.27. The minimum Gasteiger partial charge on any atom is -0.322 e. The Hall–Kier alpha value is -2.88. The average molecular weight is 319 g/mol. The zero-order valence-electron chi connectivity index (χ0n) is 14.2. The Kier molecular flexibility index (Phi) is 4.47. The normalized spacial score (nSPS) is 10.8. The van der Waals surface area contributed by atoms with Crippen LogP contribution in [0.4, 0.5) is 5.69 Å². The fourth-order valence-electron chi connectivity index (χ4n) is 2.60. The van der Waals surface area contributed by atoms with Gasteiger partial charge in [-0.15, -0.1) is 0 Å². The van der Waals surface area contributed by atoms with Crippen LogP contribution in [-0.4, -0.2) is 15.7 Å². The molecule has 3 rings (SSSR count). The standard InChI is InChI=1S/C20H21N3O/c1-14(2)16-6-4-7-17(12-16)20(24)22-18-8-5-9-19(13-18)23-15(3)10-11-21-23/h4-14H,1-3H3,(H,22,24). The lowest BCUT2D eigenvalue weighted by molar-refractivity contribution is 0.102. The van der Waals surface area contributed by atoms with E-state index in [0.717, 1.165) is 22.6 Å². The Morgan fingerprint density at radius 2 is 1.88 bits per heavy atom. The van der Waals surface area contributed by atoms with Crippen LogP contribution in [0.3, 0.4) is 0 Å². The minimum absolute atomic E-state index is 0.105. The van der Waals surface area contributed by atoms with Gasteiger partial charge in [0.05, 0.1) is 5.69 Å². The topological polar surface area (TPSA) is 46.9 Å². The van der Waals surface area contributed by atoms with E-state index in [1.54, 1.807) is 6.20 Å². The van der Waals surface area contributed by atoms with Crippen LogP contribution in [0.5, 0.6) is 0 Å². The molecule has 4 heteroatoms. The van der Waals surface area contributed by atoms with Gasteiger partial charge in [-0.3, -0.25) is 4.79 Å². The minimum atomic E-state index is -0.105. The second-order valence-corrected chi connectivity index (χ2v) is 6.17. The van der Waals surface area contributed by atoms with Crippen LogP contribution in [-0.2, 0) is 0 Å². The summed E-state index contributed by atoms with van der Waals surface area (Å²) >= 11 is 0. The number of aryl methyl sites for hydroxylation is 1. The highest BCUT2D eigenvalue weighted by Crippen LogP contribution is 2.19. The van der Waals surface area contributed by atoms with Crippen LogP contribution in [0, 0.1) is 6.92 Å². The third-order valence-corrected chi connectivity index (χ3v) is 4.00. The molecule has 0 aliphatic heterocycles. The molecule has 2 aromatic carbocycles. The van der Waals surface area contributed by atoms with Crippen molar-refractivity contribution < 1.29 is 4.79 Å². The summed E-state index contributed by atoms with van der Waals surface area (Å²) in [6.45, 7) is 6.23. The molecular formula is C20H21N3O. The summed E-state index contributed by atoms with van der Waals surface area (Å²) in [6.07, 6.45) is 1.76. The molecule has 0 saturated carbocycles. The van der Waals surface area contributed by atoms with E-state index in [-0.39, 0.29) is 5.91 Å². The number of hydrogen-bond acceptors (Lipinski definition) is 2. The van der Waals surface area contributed by atoms with E-state index in [4.69, 9.17) is 0 Å². The fraction of sp³-hybridized carbons (Fsp3) is 0.200. The Bertz CT molecular complexity index is 865. The Morgan fingerprint density at radius 3 is 2.58 bits per heavy atom. The molecule has 1 N–H and O–H groups in total. The number of nitrogens with zero attached hydrogens (tertiary/aromatic N) is 2. The largest absolute Gasteiger partial charge is 0.322 e. The van der Waals surface area contributed by atoms with Gasteiger partial charge in [-0.05, 0) is 54.8 Å². The fourth-order valence-corrected chi connectivity index (χ4v) is 2.60. The first-order chi connectivity index (χ1) is 11.5. The Balaban J connectivity index is 1.82. The maximum absolute atomic E-state index is 12.5. The molecule has 0 fully saturated rings. The summed E-state index contributed by atoms with van der Waals surface area (Å²) in [6, 6.07) is 17.4. The highest BCUT2D eigenvalue weighted by atomic mass is 16.1. The van der Waals surface area contributed by atoms with Crippen molar-refractivity contribution >= 4 is 11.6 Å². The van der Waals surface area contributed by atoms with Gasteiger partial charge in [-0.25, -0.2) is 4.68 Å². The van der Waals surface area contributed by atoms with Crippen molar-refractivity contribution in [2.45, 2.75) is 26.7 Å². The van der Waals surface area contributed by atoms with Gasteiger partial charge in [0, 0.05) is 23.1 Å². The number of benzene rings is 2. The first-order valence-electron chi connectivity index (χ1n) is 8.07. The molecule has 0 unspecified atom stereocenters. The van der Waals surface area contributed by atoms with Gasteiger partial charge in [0.15, 0.2) is 0 Å². The molecular weight excluding hydrogens is 298 g/mol. The number of rotatable bonds is 4. The molecule has 1 amide bonds. The number of carbonyl (C=O) groups is 1. The highest BCUT2D eigenvalue weighted by Gasteiger charge is 2.09. The van der Waals surface area contributed by atoms with Gasteiger partial charge in [0.2, 0.25) is 0 Å². The lowest BCUT2D eigenvalue weighted by atomic mass is 10.0. The van der Waals surface area contributed by atoms with E-state index >= 15 is 0 Å². The number of anilines is 1. The molecule has 0 radical (unpaired) electrons. The van der Waals surface area contributed by atoms with Crippen molar-refractivity contribution in [3.63, 3.8) is 0 Å². The van der Waals surface area contributed by atoms with Gasteiger partial charge in [-0.1, -0.05) is 32.0 Å². The Labute approximate surface area is 142 Å².